The highest BCUT2D eigenvalue weighted by molar-refractivity contribution is 5.81. The molecule has 6 nitrogen and oxygen atoms in total. The van der Waals surface area contributed by atoms with Gasteiger partial charge in [-0.25, -0.2) is 14.0 Å². The van der Waals surface area contributed by atoms with Crippen LogP contribution in [0.3, 0.4) is 0 Å². The third-order valence-electron chi connectivity index (χ3n) is 3.70. The third-order valence-corrected chi connectivity index (χ3v) is 3.70. The zero-order valence-electron chi connectivity index (χ0n) is 14.1. The Morgan fingerprint density at radius 3 is 2.71 bits per heavy atom. The van der Waals surface area contributed by atoms with Crippen LogP contribution in [0.4, 0.5) is 9.18 Å². The predicted molar refractivity (Wildman–Crippen MR) is 86.0 cm³/mol. The molecule has 1 aliphatic heterocycles. The van der Waals surface area contributed by atoms with Gasteiger partial charge in [0.15, 0.2) is 0 Å². The number of nitrogens with zero attached hydrogens (tertiary/aromatic N) is 1. The molecule has 0 bridgehead atoms. The quantitative estimate of drug-likeness (QED) is 0.881. The summed E-state index contributed by atoms with van der Waals surface area (Å²) in [6.07, 6.45) is -0.353. The van der Waals surface area contributed by atoms with E-state index in [9.17, 15) is 19.1 Å². The maximum Gasteiger partial charge on any atom is 0.411 e. The summed E-state index contributed by atoms with van der Waals surface area (Å²) in [6, 6.07) is 5.07. The van der Waals surface area contributed by atoms with E-state index >= 15 is 0 Å². The van der Waals surface area contributed by atoms with Crippen molar-refractivity contribution < 1.29 is 23.8 Å². The predicted octanol–water partition coefficient (Wildman–Crippen LogP) is 2.38. The maximum atomic E-state index is 13.2. The van der Waals surface area contributed by atoms with Crippen LogP contribution in [-0.2, 0) is 16.1 Å². The van der Waals surface area contributed by atoms with Crippen LogP contribution in [0.5, 0.6) is 0 Å². The number of carboxylic acids is 1. The first-order chi connectivity index (χ1) is 11.2. The molecule has 0 aromatic heterocycles. The summed E-state index contributed by atoms with van der Waals surface area (Å²) in [7, 11) is 0. The summed E-state index contributed by atoms with van der Waals surface area (Å²) < 4.78 is 18.5. The molecule has 24 heavy (non-hydrogen) atoms. The van der Waals surface area contributed by atoms with E-state index in [1.54, 1.807) is 32.9 Å². The monoisotopic (exact) mass is 338 g/mol. The first-order valence-corrected chi connectivity index (χ1v) is 7.86. The van der Waals surface area contributed by atoms with Gasteiger partial charge in [-0.1, -0.05) is 12.1 Å². The van der Waals surface area contributed by atoms with Crippen LogP contribution < -0.4 is 5.32 Å². The average molecular weight is 338 g/mol. The minimum atomic E-state index is -1.06. The molecule has 132 valence electrons. The van der Waals surface area contributed by atoms with E-state index < -0.39 is 23.7 Å². The van der Waals surface area contributed by atoms with Crippen molar-refractivity contribution in [1.29, 1.82) is 0 Å². The SMILES string of the molecule is CC(C)(C)OC(=O)N1C[C@@H](NCc2cccc(F)c2)C[C@H]1C(=O)O. The molecule has 1 aromatic carbocycles. The first kappa shape index (κ1) is 18.2. The fourth-order valence-electron chi connectivity index (χ4n) is 2.65. The number of amides is 1. The number of likely N-dealkylation sites (tertiary alicyclic amines) is 1. The van der Waals surface area contributed by atoms with Crippen molar-refractivity contribution >= 4 is 12.1 Å². The molecule has 2 N–H and O–H groups in total. The Labute approximate surface area is 140 Å². The molecular formula is C17H23FN2O4. The molecule has 1 fully saturated rings. The highest BCUT2D eigenvalue weighted by Gasteiger charge is 2.41. The van der Waals surface area contributed by atoms with Gasteiger partial charge in [0, 0.05) is 19.1 Å². The van der Waals surface area contributed by atoms with Crippen molar-refractivity contribution in [2.75, 3.05) is 6.54 Å². The Hall–Kier alpha value is -2.15. The second-order valence-electron chi connectivity index (χ2n) is 6.93. The van der Waals surface area contributed by atoms with Crippen LogP contribution in [0.15, 0.2) is 24.3 Å². The van der Waals surface area contributed by atoms with Gasteiger partial charge in [0.05, 0.1) is 0 Å². The number of ether oxygens (including phenoxy) is 1. The maximum absolute atomic E-state index is 13.2. The van der Waals surface area contributed by atoms with Crippen molar-refractivity contribution in [3.63, 3.8) is 0 Å². The summed E-state index contributed by atoms with van der Waals surface area (Å²) >= 11 is 0. The van der Waals surface area contributed by atoms with Crippen LogP contribution >= 0.6 is 0 Å². The standard InChI is InChI=1S/C17H23FN2O4/c1-17(2,3)24-16(23)20-10-13(8-14(20)15(21)22)19-9-11-5-4-6-12(18)7-11/h4-7,13-14,19H,8-10H2,1-3H3,(H,21,22)/t13-,14-/m0/s1. The highest BCUT2D eigenvalue weighted by Crippen LogP contribution is 2.22. The molecular weight excluding hydrogens is 315 g/mol. The van der Waals surface area contributed by atoms with Crippen LogP contribution in [0.1, 0.15) is 32.8 Å². The topological polar surface area (TPSA) is 78.9 Å². The van der Waals surface area contributed by atoms with E-state index in [2.05, 4.69) is 5.32 Å². The number of carbonyl (C=O) groups excluding carboxylic acids is 1. The number of halogens is 1. The molecule has 0 radical (unpaired) electrons. The molecule has 1 aliphatic rings. The summed E-state index contributed by atoms with van der Waals surface area (Å²) in [4.78, 5) is 24.9. The number of hydrogen-bond donors (Lipinski definition) is 2. The number of rotatable bonds is 4. The molecule has 0 aliphatic carbocycles. The second-order valence-corrected chi connectivity index (χ2v) is 6.93. The van der Waals surface area contributed by atoms with Gasteiger partial charge in [-0.2, -0.15) is 0 Å². The van der Waals surface area contributed by atoms with Crippen LogP contribution in [0, 0.1) is 5.82 Å². The van der Waals surface area contributed by atoms with Gasteiger partial charge in [0.25, 0.3) is 0 Å². The highest BCUT2D eigenvalue weighted by atomic mass is 19.1. The number of hydrogen-bond acceptors (Lipinski definition) is 4. The average Bonchev–Trinajstić information content (AvgIpc) is 2.88. The lowest BCUT2D eigenvalue weighted by Crippen LogP contribution is -2.43. The molecule has 0 unspecified atom stereocenters. The van der Waals surface area contributed by atoms with Gasteiger partial charge in [-0.15, -0.1) is 0 Å². The van der Waals surface area contributed by atoms with E-state index in [4.69, 9.17) is 4.74 Å². The summed E-state index contributed by atoms with van der Waals surface area (Å²) in [5.41, 5.74) is 0.0744. The molecule has 2 rings (SSSR count). The van der Waals surface area contributed by atoms with Gasteiger partial charge in [0.2, 0.25) is 0 Å². The Kier molecular flexibility index (Phi) is 5.43. The fourth-order valence-corrected chi connectivity index (χ4v) is 2.65. The number of carboxylic acid groups (broad SMARTS) is 1. The largest absolute Gasteiger partial charge is 0.480 e. The Morgan fingerprint density at radius 2 is 2.12 bits per heavy atom. The van der Waals surface area contributed by atoms with Crippen molar-refractivity contribution in [2.45, 2.75) is 51.4 Å². The molecule has 1 aromatic rings. The van der Waals surface area contributed by atoms with Crippen LogP contribution in [0.25, 0.3) is 0 Å². The zero-order chi connectivity index (χ0) is 17.9. The molecule has 0 spiro atoms. The summed E-state index contributed by atoms with van der Waals surface area (Å²) in [5, 5.41) is 12.5. The van der Waals surface area contributed by atoms with E-state index in [1.807, 2.05) is 0 Å². The van der Waals surface area contributed by atoms with E-state index in [0.29, 0.717) is 6.54 Å². The first-order valence-electron chi connectivity index (χ1n) is 7.86. The van der Waals surface area contributed by atoms with Crippen molar-refractivity contribution in [3.8, 4) is 0 Å². The van der Waals surface area contributed by atoms with E-state index in [0.717, 1.165) is 5.56 Å². The lowest BCUT2D eigenvalue weighted by molar-refractivity contribution is -0.142. The summed E-state index contributed by atoms with van der Waals surface area (Å²) in [5.74, 6) is -1.38. The summed E-state index contributed by atoms with van der Waals surface area (Å²) in [6.45, 7) is 5.83. The smallest absolute Gasteiger partial charge is 0.411 e. The lowest BCUT2D eigenvalue weighted by Gasteiger charge is -2.26. The Balaban J connectivity index is 1.98. The van der Waals surface area contributed by atoms with Crippen LogP contribution in [-0.4, -0.2) is 46.3 Å². The van der Waals surface area contributed by atoms with Gasteiger partial charge in [-0.05, 0) is 44.9 Å². The minimum Gasteiger partial charge on any atom is -0.480 e. The molecule has 1 saturated heterocycles. The second kappa shape index (κ2) is 7.17. The van der Waals surface area contributed by atoms with E-state index in [-0.39, 0.29) is 24.8 Å². The van der Waals surface area contributed by atoms with Gasteiger partial charge >= 0.3 is 12.1 Å². The minimum absolute atomic E-state index is 0.193. The van der Waals surface area contributed by atoms with E-state index in [1.165, 1.54) is 17.0 Å². The van der Waals surface area contributed by atoms with Crippen LogP contribution in [0.2, 0.25) is 0 Å². The molecule has 2 atom stereocenters. The van der Waals surface area contributed by atoms with Gasteiger partial charge < -0.3 is 15.2 Å². The number of carbonyl (C=O) groups is 2. The third kappa shape index (κ3) is 4.92. The van der Waals surface area contributed by atoms with Gasteiger partial charge in [0.1, 0.15) is 17.5 Å². The Morgan fingerprint density at radius 1 is 1.42 bits per heavy atom. The Bertz CT molecular complexity index is 615. The molecule has 7 heteroatoms. The van der Waals surface area contributed by atoms with Crippen molar-refractivity contribution in [2.24, 2.45) is 0 Å². The molecule has 0 saturated carbocycles. The number of aliphatic carboxylic acids is 1. The fraction of sp³-hybridized carbons (Fsp3) is 0.529. The molecule has 1 heterocycles. The number of nitrogens with one attached hydrogen (secondary N) is 1. The lowest BCUT2D eigenvalue weighted by atomic mass is 10.1. The van der Waals surface area contributed by atoms with Crippen molar-refractivity contribution in [1.82, 2.24) is 10.2 Å². The van der Waals surface area contributed by atoms with Crippen molar-refractivity contribution in [3.05, 3.63) is 35.6 Å². The normalized spacial score (nSPS) is 20.9. The zero-order valence-corrected chi connectivity index (χ0v) is 14.1. The molecule has 1 amide bonds. The number of benzene rings is 1. The van der Waals surface area contributed by atoms with Gasteiger partial charge in [-0.3, -0.25) is 4.90 Å².